The van der Waals surface area contributed by atoms with E-state index in [-0.39, 0.29) is 45.7 Å². The third-order valence-corrected chi connectivity index (χ3v) is 13.4. The molecule has 0 amide bonds. The molecule has 0 bridgehead atoms. The Kier molecular flexibility index (Phi) is 5.28. The van der Waals surface area contributed by atoms with Gasteiger partial charge in [-0.15, -0.1) is 0 Å². The minimum Gasteiger partial charge on any atom is -0.396 e. The summed E-state index contributed by atoms with van der Waals surface area (Å²) in [4.78, 5) is 0. The Morgan fingerprint density at radius 1 is 0.824 bits per heavy atom. The fourth-order valence-corrected chi connectivity index (χ4v) is 10.6. The number of aliphatic hydroxyl groups is 4. The molecule has 34 heavy (non-hydrogen) atoms. The highest BCUT2D eigenvalue weighted by Gasteiger charge is 2.74. The molecule has 10 atom stereocenters. The second-order valence-electron chi connectivity index (χ2n) is 15.3. The quantitative estimate of drug-likeness (QED) is 0.393. The van der Waals surface area contributed by atoms with Crippen LogP contribution in [0.4, 0.5) is 0 Å². The van der Waals surface area contributed by atoms with Gasteiger partial charge in [-0.25, -0.2) is 0 Å². The van der Waals surface area contributed by atoms with Gasteiger partial charge in [0.05, 0.1) is 6.10 Å². The van der Waals surface area contributed by atoms with E-state index in [2.05, 4.69) is 54.5 Å². The number of allylic oxidation sites excluding steroid dienone is 1. The van der Waals surface area contributed by atoms with Crippen molar-refractivity contribution in [2.75, 3.05) is 6.61 Å². The van der Waals surface area contributed by atoms with Gasteiger partial charge >= 0.3 is 0 Å². The molecule has 0 radical (unpaired) electrons. The molecule has 4 N–H and O–H groups in total. The van der Waals surface area contributed by atoms with E-state index >= 15 is 0 Å². The normalized spacial score (nSPS) is 58.6. The van der Waals surface area contributed by atoms with Crippen LogP contribution in [0.2, 0.25) is 0 Å². The highest BCUT2D eigenvalue weighted by Crippen LogP contribution is 2.76. The lowest BCUT2D eigenvalue weighted by Gasteiger charge is -2.74. The summed E-state index contributed by atoms with van der Waals surface area (Å²) in [5.74, 6) is 0.329. The minimum atomic E-state index is -1.21. The van der Waals surface area contributed by atoms with Gasteiger partial charge in [0, 0.05) is 12.0 Å². The van der Waals surface area contributed by atoms with Gasteiger partial charge in [-0.2, -0.15) is 0 Å². The standard InChI is InChI=1S/C30H50O4/c1-24(2)19-8-11-28(6)20(27(19,5)10-9-22(24)32)16-23(33)30(34)21-17-25(3,18-31)12-13-26(21,4)14-15-29(28,30)7/h16,19,21-23,31-34H,8-15,17-18H2,1-7H3/t19-,21?,22-,23?,25-,26+,27-,28+,29-,30+/m0/s1. The van der Waals surface area contributed by atoms with Crippen molar-refractivity contribution in [1.82, 2.24) is 0 Å². The van der Waals surface area contributed by atoms with Crippen molar-refractivity contribution in [2.45, 2.75) is 124 Å². The highest BCUT2D eigenvalue weighted by molar-refractivity contribution is 5.40. The number of aliphatic hydroxyl groups excluding tert-OH is 3. The lowest BCUT2D eigenvalue weighted by Crippen LogP contribution is -2.75. The molecule has 194 valence electrons. The molecule has 5 rings (SSSR count). The fraction of sp³-hybridized carbons (Fsp3) is 0.933. The Morgan fingerprint density at radius 3 is 2.12 bits per heavy atom. The lowest BCUT2D eigenvalue weighted by molar-refractivity contribution is -0.289. The van der Waals surface area contributed by atoms with E-state index in [1.165, 1.54) is 5.57 Å². The zero-order valence-electron chi connectivity index (χ0n) is 22.7. The molecule has 0 spiro atoms. The molecule has 0 aromatic rings. The Hall–Kier alpha value is -0.420. The summed E-state index contributed by atoms with van der Waals surface area (Å²) in [6, 6.07) is 0. The first-order valence-corrected chi connectivity index (χ1v) is 14.0. The average Bonchev–Trinajstić information content (AvgIpc) is 2.77. The van der Waals surface area contributed by atoms with Gasteiger partial charge in [-0.05, 0) is 96.7 Å². The van der Waals surface area contributed by atoms with Gasteiger partial charge in [0.2, 0.25) is 0 Å². The van der Waals surface area contributed by atoms with Crippen molar-refractivity contribution >= 4 is 0 Å². The summed E-state index contributed by atoms with van der Waals surface area (Å²) in [7, 11) is 0. The van der Waals surface area contributed by atoms with Gasteiger partial charge in [0.1, 0.15) is 11.7 Å². The van der Waals surface area contributed by atoms with Crippen molar-refractivity contribution in [1.29, 1.82) is 0 Å². The van der Waals surface area contributed by atoms with Crippen molar-refractivity contribution < 1.29 is 20.4 Å². The molecule has 5 aliphatic carbocycles. The molecule has 0 aromatic heterocycles. The second-order valence-corrected chi connectivity index (χ2v) is 15.3. The molecular formula is C30H50O4. The lowest BCUT2D eigenvalue weighted by atomic mass is 9.32. The Bertz CT molecular complexity index is 896. The topological polar surface area (TPSA) is 80.9 Å². The molecule has 5 aliphatic rings. The van der Waals surface area contributed by atoms with E-state index in [4.69, 9.17) is 0 Å². The number of hydrogen-bond acceptors (Lipinski definition) is 4. The monoisotopic (exact) mass is 474 g/mol. The molecule has 0 heterocycles. The fourth-order valence-electron chi connectivity index (χ4n) is 10.6. The van der Waals surface area contributed by atoms with Crippen molar-refractivity contribution in [3.8, 4) is 0 Å². The first-order chi connectivity index (χ1) is 15.5. The summed E-state index contributed by atoms with van der Waals surface area (Å²) < 4.78 is 0. The van der Waals surface area contributed by atoms with Crippen LogP contribution in [0.15, 0.2) is 11.6 Å². The smallest absolute Gasteiger partial charge is 0.104 e. The van der Waals surface area contributed by atoms with E-state index in [1.54, 1.807) is 0 Å². The predicted octanol–water partition coefficient (Wildman–Crippen LogP) is 5.23. The van der Waals surface area contributed by atoms with Crippen LogP contribution in [0, 0.1) is 44.3 Å². The molecule has 0 aliphatic heterocycles. The van der Waals surface area contributed by atoms with Crippen LogP contribution in [-0.4, -0.2) is 44.8 Å². The maximum Gasteiger partial charge on any atom is 0.104 e. The summed E-state index contributed by atoms with van der Waals surface area (Å²) in [5, 5.41) is 45.9. The minimum absolute atomic E-state index is 0.0103. The highest BCUT2D eigenvalue weighted by atomic mass is 16.3. The number of hydrogen-bond donors (Lipinski definition) is 4. The van der Waals surface area contributed by atoms with Crippen LogP contribution >= 0.6 is 0 Å². The molecule has 4 saturated carbocycles. The van der Waals surface area contributed by atoms with Gasteiger partial charge in [0.15, 0.2) is 0 Å². The van der Waals surface area contributed by atoms with Crippen LogP contribution in [0.25, 0.3) is 0 Å². The first-order valence-electron chi connectivity index (χ1n) is 14.0. The first kappa shape index (κ1) is 25.2. The third kappa shape index (κ3) is 2.75. The SMILES string of the molecule is CC1(C)[C@@H](O)CC[C@]2(C)C3=CC(O)[C@]4(O)C5C[C@@](C)(CO)CC[C@]5(C)CC[C@@]4(C)[C@]3(C)CC[C@@H]12. The van der Waals surface area contributed by atoms with Crippen LogP contribution in [0.5, 0.6) is 0 Å². The largest absolute Gasteiger partial charge is 0.396 e. The van der Waals surface area contributed by atoms with Gasteiger partial charge in [0.25, 0.3) is 0 Å². The van der Waals surface area contributed by atoms with E-state index < -0.39 is 17.1 Å². The summed E-state index contributed by atoms with van der Waals surface area (Å²) >= 11 is 0. The van der Waals surface area contributed by atoms with E-state index in [0.717, 1.165) is 57.8 Å². The van der Waals surface area contributed by atoms with Crippen LogP contribution in [0.3, 0.4) is 0 Å². The van der Waals surface area contributed by atoms with Crippen LogP contribution in [-0.2, 0) is 0 Å². The Morgan fingerprint density at radius 2 is 1.47 bits per heavy atom. The molecular weight excluding hydrogens is 424 g/mol. The number of rotatable bonds is 1. The number of fused-ring (bicyclic) bond motifs is 7. The maximum absolute atomic E-state index is 12.8. The van der Waals surface area contributed by atoms with Crippen LogP contribution in [0.1, 0.15) is 106 Å². The molecule has 4 heteroatoms. The van der Waals surface area contributed by atoms with E-state index in [1.807, 2.05) is 0 Å². The Labute approximate surface area is 207 Å². The molecule has 4 fully saturated rings. The Balaban J connectivity index is 1.66. The van der Waals surface area contributed by atoms with Crippen molar-refractivity contribution in [3.05, 3.63) is 11.6 Å². The third-order valence-electron chi connectivity index (χ3n) is 13.4. The zero-order chi connectivity index (χ0) is 25.2. The van der Waals surface area contributed by atoms with Crippen molar-refractivity contribution in [2.24, 2.45) is 44.3 Å². The van der Waals surface area contributed by atoms with Gasteiger partial charge in [-0.3, -0.25) is 0 Å². The molecule has 2 unspecified atom stereocenters. The predicted molar refractivity (Wildman–Crippen MR) is 135 cm³/mol. The average molecular weight is 475 g/mol. The van der Waals surface area contributed by atoms with Crippen LogP contribution < -0.4 is 0 Å². The maximum atomic E-state index is 12.8. The second kappa shape index (κ2) is 7.11. The summed E-state index contributed by atoms with van der Waals surface area (Å²) in [6.45, 7) is 16.1. The van der Waals surface area contributed by atoms with E-state index in [9.17, 15) is 20.4 Å². The zero-order valence-corrected chi connectivity index (χ0v) is 22.7. The van der Waals surface area contributed by atoms with Crippen molar-refractivity contribution in [3.63, 3.8) is 0 Å². The van der Waals surface area contributed by atoms with Gasteiger partial charge in [-0.1, -0.05) is 60.1 Å². The molecule has 4 nitrogen and oxygen atoms in total. The summed E-state index contributed by atoms with van der Waals surface area (Å²) in [5.41, 5.74) is -0.934. The van der Waals surface area contributed by atoms with E-state index in [0.29, 0.717) is 5.92 Å². The van der Waals surface area contributed by atoms with Gasteiger partial charge < -0.3 is 20.4 Å². The molecule has 0 aromatic carbocycles. The summed E-state index contributed by atoms with van der Waals surface area (Å²) in [6.07, 6.45) is 9.39. The molecule has 0 saturated heterocycles.